The van der Waals surface area contributed by atoms with Crippen molar-refractivity contribution >= 4 is 23.2 Å². The van der Waals surface area contributed by atoms with Crippen LogP contribution in [-0.4, -0.2) is 26.9 Å². The molecule has 0 unspecified atom stereocenters. The van der Waals surface area contributed by atoms with Crippen molar-refractivity contribution in [2.75, 3.05) is 6.54 Å². The summed E-state index contributed by atoms with van der Waals surface area (Å²) in [7, 11) is 0. The number of nitro benzene ring substituents is 1. The summed E-state index contributed by atoms with van der Waals surface area (Å²) < 4.78 is 1.35. The molecule has 9 heteroatoms. The maximum Gasteiger partial charge on any atom is 0.282 e. The summed E-state index contributed by atoms with van der Waals surface area (Å²) >= 11 is 5.83. The number of amides is 1. The van der Waals surface area contributed by atoms with Crippen LogP contribution in [0.4, 0.5) is 5.69 Å². The van der Waals surface area contributed by atoms with Gasteiger partial charge in [0.25, 0.3) is 17.2 Å². The first kappa shape index (κ1) is 19.2. The van der Waals surface area contributed by atoms with Crippen molar-refractivity contribution < 1.29 is 9.72 Å². The van der Waals surface area contributed by atoms with E-state index in [1.807, 2.05) is 30.3 Å². The first-order valence-electron chi connectivity index (χ1n) is 8.30. The first-order chi connectivity index (χ1) is 13.5. The standard InChI is InChI=1S/C19H15ClN4O4/c20-14-6-7-17(24(27)28)15(10-14)19(26)21-8-9-23-12-22-16(11-18(23)25)13-4-2-1-3-5-13/h1-7,10-12H,8-9H2,(H,21,26). The Morgan fingerprint density at radius 1 is 1.18 bits per heavy atom. The smallest absolute Gasteiger partial charge is 0.282 e. The van der Waals surface area contributed by atoms with Crippen LogP contribution in [0.15, 0.2) is 65.7 Å². The van der Waals surface area contributed by atoms with E-state index in [4.69, 9.17) is 11.6 Å². The molecule has 0 aliphatic rings. The highest BCUT2D eigenvalue weighted by Crippen LogP contribution is 2.22. The fraction of sp³-hybridized carbons (Fsp3) is 0.105. The number of hydrogen-bond acceptors (Lipinski definition) is 5. The summed E-state index contributed by atoms with van der Waals surface area (Å²) in [5, 5.41) is 13.8. The molecule has 0 aliphatic heterocycles. The predicted molar refractivity (Wildman–Crippen MR) is 104 cm³/mol. The predicted octanol–water partition coefficient (Wildman–Crippen LogP) is 2.90. The van der Waals surface area contributed by atoms with Gasteiger partial charge in [0.1, 0.15) is 5.56 Å². The summed E-state index contributed by atoms with van der Waals surface area (Å²) in [6.07, 6.45) is 1.40. The average Bonchev–Trinajstić information content (AvgIpc) is 2.69. The number of nitrogens with zero attached hydrogens (tertiary/aromatic N) is 3. The number of nitrogens with one attached hydrogen (secondary N) is 1. The summed E-state index contributed by atoms with van der Waals surface area (Å²) in [5.74, 6) is -0.642. The minimum atomic E-state index is -0.651. The van der Waals surface area contributed by atoms with Crippen LogP contribution in [0.1, 0.15) is 10.4 Å². The summed E-state index contributed by atoms with van der Waals surface area (Å²) in [6.45, 7) is 0.260. The number of carbonyl (C=O) groups is 1. The molecule has 0 aliphatic carbocycles. The van der Waals surface area contributed by atoms with Crippen LogP contribution in [0.2, 0.25) is 5.02 Å². The van der Waals surface area contributed by atoms with Crippen LogP contribution in [0.5, 0.6) is 0 Å². The fourth-order valence-corrected chi connectivity index (χ4v) is 2.77. The Balaban J connectivity index is 1.67. The van der Waals surface area contributed by atoms with E-state index in [0.717, 1.165) is 5.56 Å². The highest BCUT2D eigenvalue weighted by atomic mass is 35.5. The molecule has 8 nitrogen and oxygen atoms in total. The van der Waals surface area contributed by atoms with Gasteiger partial charge in [0.15, 0.2) is 0 Å². The zero-order chi connectivity index (χ0) is 20.1. The van der Waals surface area contributed by atoms with Crippen LogP contribution in [-0.2, 0) is 6.54 Å². The molecule has 1 aromatic heterocycles. The van der Waals surface area contributed by atoms with Gasteiger partial charge in [0, 0.05) is 35.8 Å². The van der Waals surface area contributed by atoms with Gasteiger partial charge in [-0.15, -0.1) is 0 Å². The van der Waals surface area contributed by atoms with E-state index in [2.05, 4.69) is 10.3 Å². The fourth-order valence-electron chi connectivity index (χ4n) is 2.60. The van der Waals surface area contributed by atoms with Gasteiger partial charge in [-0.3, -0.25) is 24.3 Å². The van der Waals surface area contributed by atoms with E-state index in [1.165, 1.54) is 35.2 Å². The molecular weight excluding hydrogens is 384 g/mol. The second-order valence-corrected chi connectivity index (χ2v) is 6.28. The Morgan fingerprint density at radius 2 is 1.93 bits per heavy atom. The Kier molecular flexibility index (Phi) is 5.81. The molecule has 142 valence electrons. The average molecular weight is 399 g/mol. The normalized spacial score (nSPS) is 10.5. The summed E-state index contributed by atoms with van der Waals surface area (Å²) in [4.78, 5) is 39.2. The summed E-state index contributed by atoms with van der Waals surface area (Å²) in [6, 6.07) is 14.5. The molecule has 0 bridgehead atoms. The number of nitro groups is 1. The molecule has 28 heavy (non-hydrogen) atoms. The molecule has 0 radical (unpaired) electrons. The first-order valence-corrected chi connectivity index (χ1v) is 8.67. The quantitative estimate of drug-likeness (QED) is 0.507. The monoisotopic (exact) mass is 398 g/mol. The number of carbonyl (C=O) groups excluding carboxylic acids is 1. The van der Waals surface area contributed by atoms with Crippen molar-refractivity contribution in [3.05, 3.63) is 92.0 Å². The van der Waals surface area contributed by atoms with Crippen molar-refractivity contribution in [2.24, 2.45) is 0 Å². The van der Waals surface area contributed by atoms with Crippen LogP contribution >= 0.6 is 11.6 Å². The third kappa shape index (κ3) is 4.41. The van der Waals surface area contributed by atoms with Crippen molar-refractivity contribution in [2.45, 2.75) is 6.54 Å². The van der Waals surface area contributed by atoms with E-state index >= 15 is 0 Å². The van der Waals surface area contributed by atoms with Gasteiger partial charge in [-0.1, -0.05) is 41.9 Å². The van der Waals surface area contributed by atoms with Crippen LogP contribution in [0, 0.1) is 10.1 Å². The highest BCUT2D eigenvalue weighted by molar-refractivity contribution is 6.31. The molecule has 0 atom stereocenters. The van der Waals surface area contributed by atoms with Gasteiger partial charge in [-0.25, -0.2) is 4.98 Å². The van der Waals surface area contributed by atoms with Gasteiger partial charge >= 0.3 is 0 Å². The number of hydrogen-bond donors (Lipinski definition) is 1. The van der Waals surface area contributed by atoms with Gasteiger partial charge in [0.05, 0.1) is 16.9 Å². The molecule has 3 rings (SSSR count). The molecule has 1 heterocycles. The van der Waals surface area contributed by atoms with Crippen molar-refractivity contribution in [3.63, 3.8) is 0 Å². The largest absolute Gasteiger partial charge is 0.350 e. The molecule has 0 fully saturated rings. The van der Waals surface area contributed by atoms with Gasteiger partial charge in [0.2, 0.25) is 0 Å². The lowest BCUT2D eigenvalue weighted by molar-refractivity contribution is -0.385. The number of benzene rings is 2. The summed E-state index contributed by atoms with van der Waals surface area (Å²) in [5.41, 5.74) is 0.640. The van der Waals surface area contributed by atoms with E-state index in [-0.39, 0.29) is 34.9 Å². The SMILES string of the molecule is O=C(NCCn1cnc(-c2ccccc2)cc1=O)c1cc(Cl)ccc1[N+](=O)[O-]. The lowest BCUT2D eigenvalue weighted by atomic mass is 10.1. The molecule has 3 aromatic rings. The van der Waals surface area contributed by atoms with E-state index in [1.54, 1.807) is 0 Å². The Bertz CT molecular complexity index is 1080. The number of halogens is 1. The zero-order valence-corrected chi connectivity index (χ0v) is 15.3. The third-order valence-corrected chi connectivity index (χ3v) is 4.22. The Morgan fingerprint density at radius 3 is 2.61 bits per heavy atom. The van der Waals surface area contributed by atoms with Gasteiger partial charge in [-0.2, -0.15) is 0 Å². The topological polar surface area (TPSA) is 107 Å². The molecule has 0 spiro atoms. The third-order valence-electron chi connectivity index (χ3n) is 3.99. The van der Waals surface area contributed by atoms with Crippen LogP contribution < -0.4 is 10.9 Å². The van der Waals surface area contributed by atoms with Gasteiger partial charge < -0.3 is 5.32 Å². The second-order valence-electron chi connectivity index (χ2n) is 5.85. The van der Waals surface area contributed by atoms with Crippen molar-refractivity contribution in [1.82, 2.24) is 14.9 Å². The number of aromatic nitrogens is 2. The minimum absolute atomic E-state index is 0.0920. The number of rotatable bonds is 6. The van der Waals surface area contributed by atoms with E-state index < -0.39 is 10.8 Å². The molecule has 1 amide bonds. The lowest BCUT2D eigenvalue weighted by Crippen LogP contribution is -2.31. The van der Waals surface area contributed by atoms with E-state index in [0.29, 0.717) is 5.69 Å². The molecule has 1 N–H and O–H groups in total. The van der Waals surface area contributed by atoms with Crippen LogP contribution in [0.25, 0.3) is 11.3 Å². The maximum atomic E-state index is 12.3. The molecule has 2 aromatic carbocycles. The van der Waals surface area contributed by atoms with Crippen molar-refractivity contribution in [1.29, 1.82) is 0 Å². The molecular formula is C19H15ClN4O4. The lowest BCUT2D eigenvalue weighted by Gasteiger charge is -2.09. The minimum Gasteiger partial charge on any atom is -0.350 e. The Hall–Kier alpha value is -3.52. The maximum absolute atomic E-state index is 12.3. The molecule has 0 saturated heterocycles. The Labute approximate surface area is 164 Å². The van der Waals surface area contributed by atoms with Gasteiger partial charge in [-0.05, 0) is 12.1 Å². The van der Waals surface area contributed by atoms with Crippen LogP contribution in [0.3, 0.4) is 0 Å². The second kappa shape index (κ2) is 8.45. The highest BCUT2D eigenvalue weighted by Gasteiger charge is 2.20. The zero-order valence-electron chi connectivity index (χ0n) is 14.5. The van der Waals surface area contributed by atoms with E-state index in [9.17, 15) is 19.7 Å². The molecule has 0 saturated carbocycles. The van der Waals surface area contributed by atoms with Crippen molar-refractivity contribution in [3.8, 4) is 11.3 Å².